The summed E-state index contributed by atoms with van der Waals surface area (Å²) in [5.74, 6) is 0.517. The molecular weight excluding hydrogens is 466 g/mol. The van der Waals surface area contributed by atoms with E-state index in [0.717, 1.165) is 40.5 Å². The number of thioether (sulfide) groups is 1. The van der Waals surface area contributed by atoms with E-state index in [1.165, 1.54) is 17.3 Å². The maximum Gasteiger partial charge on any atom is 0.233 e. The van der Waals surface area contributed by atoms with E-state index < -0.39 is 9.84 Å². The molecule has 1 aliphatic heterocycles. The maximum atomic E-state index is 13.3. The van der Waals surface area contributed by atoms with Crippen LogP contribution in [0.25, 0.3) is 16.9 Å². The molecule has 0 unspecified atom stereocenters. The van der Waals surface area contributed by atoms with Gasteiger partial charge < -0.3 is 4.90 Å². The van der Waals surface area contributed by atoms with Crippen molar-refractivity contribution in [3.05, 3.63) is 65.9 Å². The number of aryl methyl sites for hydroxylation is 2. The number of carbonyl (C=O) groups excluding carboxylic acids is 1. The average molecular weight is 496 g/mol. The summed E-state index contributed by atoms with van der Waals surface area (Å²) in [6.07, 6.45) is 4.33. The fourth-order valence-electron chi connectivity index (χ4n) is 4.79. The molecule has 0 N–H and O–H groups in total. The molecule has 1 aliphatic carbocycles. The van der Waals surface area contributed by atoms with Crippen LogP contribution in [0, 0.1) is 13.8 Å². The van der Waals surface area contributed by atoms with Crippen molar-refractivity contribution in [3.8, 4) is 16.9 Å². The van der Waals surface area contributed by atoms with E-state index in [0.29, 0.717) is 6.42 Å². The first-order valence-corrected chi connectivity index (χ1v) is 14.5. The highest BCUT2D eigenvalue weighted by molar-refractivity contribution is 7.99. The van der Waals surface area contributed by atoms with Gasteiger partial charge >= 0.3 is 0 Å². The van der Waals surface area contributed by atoms with Crippen LogP contribution in [0.2, 0.25) is 0 Å². The zero-order valence-corrected chi connectivity index (χ0v) is 21.1. The van der Waals surface area contributed by atoms with Gasteiger partial charge in [0.15, 0.2) is 15.0 Å². The van der Waals surface area contributed by atoms with E-state index >= 15 is 0 Å². The summed E-state index contributed by atoms with van der Waals surface area (Å²) < 4.78 is 26.2. The number of hydrogen-bond donors (Lipinski definition) is 0. The standard InChI is InChI=1S/C26H29N3O3S2/c1-18-8-11-23(19(2)14-18)29-24(20-6-4-3-5-7-20)15-27-26(29)33-16-25(30)28(21-9-10-21)22-12-13-34(31,32)17-22/h3-8,11,14-15,21-22H,9-10,12-13,16-17H2,1-2H3/t22-/m1/s1. The topological polar surface area (TPSA) is 72.3 Å². The Hall–Kier alpha value is -2.58. The number of sulfone groups is 1. The van der Waals surface area contributed by atoms with Crippen molar-refractivity contribution in [3.63, 3.8) is 0 Å². The monoisotopic (exact) mass is 495 g/mol. The van der Waals surface area contributed by atoms with Crippen molar-refractivity contribution >= 4 is 27.5 Å². The van der Waals surface area contributed by atoms with Crippen LogP contribution in [0.5, 0.6) is 0 Å². The molecule has 3 aromatic rings. The molecule has 1 amide bonds. The SMILES string of the molecule is Cc1ccc(-n2c(-c3ccccc3)cnc2SCC(=O)N(C2CC2)[C@@H]2CCS(=O)(=O)C2)c(C)c1. The Balaban J connectivity index is 1.43. The number of hydrogen-bond acceptors (Lipinski definition) is 5. The predicted molar refractivity (Wildman–Crippen MR) is 136 cm³/mol. The highest BCUT2D eigenvalue weighted by Crippen LogP contribution is 2.35. The van der Waals surface area contributed by atoms with Crippen LogP contribution < -0.4 is 0 Å². The maximum absolute atomic E-state index is 13.3. The number of imidazole rings is 1. The van der Waals surface area contributed by atoms with Gasteiger partial charge in [0.25, 0.3) is 0 Å². The quantitative estimate of drug-likeness (QED) is 0.454. The van der Waals surface area contributed by atoms with Gasteiger partial charge in [-0.3, -0.25) is 9.36 Å². The highest BCUT2D eigenvalue weighted by Gasteiger charge is 2.42. The van der Waals surface area contributed by atoms with Gasteiger partial charge in [-0.05, 0) is 44.7 Å². The van der Waals surface area contributed by atoms with Gasteiger partial charge in [0.05, 0.1) is 34.8 Å². The Morgan fingerprint density at radius 2 is 1.85 bits per heavy atom. The smallest absolute Gasteiger partial charge is 0.233 e. The first kappa shape index (κ1) is 23.2. The highest BCUT2D eigenvalue weighted by atomic mass is 32.2. The zero-order chi connectivity index (χ0) is 23.9. The number of benzene rings is 2. The molecule has 1 aromatic heterocycles. The molecule has 0 radical (unpaired) electrons. The normalized spacial score (nSPS) is 19.3. The van der Waals surface area contributed by atoms with Gasteiger partial charge in [0, 0.05) is 17.6 Å². The van der Waals surface area contributed by atoms with Gasteiger partial charge in [0.2, 0.25) is 5.91 Å². The lowest BCUT2D eigenvalue weighted by molar-refractivity contribution is -0.130. The average Bonchev–Trinajstić information content (AvgIpc) is 3.44. The van der Waals surface area contributed by atoms with Crippen LogP contribution in [0.15, 0.2) is 59.9 Å². The zero-order valence-electron chi connectivity index (χ0n) is 19.5. The Labute approximate surface area is 205 Å². The molecule has 1 saturated heterocycles. The first-order valence-electron chi connectivity index (χ1n) is 11.7. The molecule has 178 valence electrons. The summed E-state index contributed by atoms with van der Waals surface area (Å²) in [5.41, 5.74) is 5.41. The van der Waals surface area contributed by atoms with E-state index in [9.17, 15) is 13.2 Å². The number of rotatable bonds is 7. The van der Waals surface area contributed by atoms with E-state index in [1.54, 1.807) is 0 Å². The van der Waals surface area contributed by atoms with Crippen LogP contribution in [-0.2, 0) is 14.6 Å². The minimum absolute atomic E-state index is 0.00559. The summed E-state index contributed by atoms with van der Waals surface area (Å²) in [6, 6.07) is 16.5. The number of amides is 1. The molecule has 0 spiro atoms. The van der Waals surface area contributed by atoms with Crippen LogP contribution in [0.3, 0.4) is 0 Å². The lowest BCUT2D eigenvalue weighted by atomic mass is 10.1. The van der Waals surface area contributed by atoms with Crippen molar-refractivity contribution in [1.29, 1.82) is 0 Å². The van der Waals surface area contributed by atoms with Crippen LogP contribution in [0.4, 0.5) is 0 Å². The number of carbonyl (C=O) groups is 1. The minimum atomic E-state index is -3.04. The second-order valence-corrected chi connectivity index (χ2v) is 12.5. The van der Waals surface area contributed by atoms with E-state index in [-0.39, 0.29) is 35.2 Å². The third-order valence-corrected chi connectivity index (χ3v) is 9.23. The van der Waals surface area contributed by atoms with Crippen molar-refractivity contribution in [2.75, 3.05) is 17.3 Å². The molecule has 2 aromatic carbocycles. The third-order valence-electron chi connectivity index (χ3n) is 6.55. The van der Waals surface area contributed by atoms with Crippen molar-refractivity contribution in [2.24, 2.45) is 0 Å². The Bertz CT molecular complexity index is 1310. The summed E-state index contributed by atoms with van der Waals surface area (Å²) in [7, 11) is -3.04. The molecule has 5 rings (SSSR count). The van der Waals surface area contributed by atoms with Crippen LogP contribution in [-0.4, -0.2) is 58.1 Å². The molecule has 6 nitrogen and oxygen atoms in total. The van der Waals surface area contributed by atoms with E-state index in [4.69, 9.17) is 4.98 Å². The van der Waals surface area contributed by atoms with Gasteiger partial charge in [-0.15, -0.1) is 0 Å². The van der Waals surface area contributed by atoms with Crippen LogP contribution >= 0.6 is 11.8 Å². The van der Waals surface area contributed by atoms with Gasteiger partial charge in [-0.25, -0.2) is 13.4 Å². The minimum Gasteiger partial charge on any atom is -0.335 e. The second kappa shape index (κ2) is 9.23. The lowest BCUT2D eigenvalue weighted by Crippen LogP contribution is -2.43. The molecule has 2 heterocycles. The van der Waals surface area contributed by atoms with Crippen molar-refractivity contribution in [2.45, 2.75) is 50.4 Å². The second-order valence-electron chi connectivity index (χ2n) is 9.30. The molecule has 1 atom stereocenters. The molecule has 2 aliphatic rings. The fraction of sp³-hybridized carbons (Fsp3) is 0.385. The van der Waals surface area contributed by atoms with E-state index in [2.05, 4.69) is 48.7 Å². The summed E-state index contributed by atoms with van der Waals surface area (Å²) in [6.45, 7) is 4.17. The molecule has 8 heteroatoms. The molecule has 0 bridgehead atoms. The molecule has 2 fully saturated rings. The fourth-order valence-corrected chi connectivity index (χ4v) is 7.36. The van der Waals surface area contributed by atoms with Crippen LogP contribution in [0.1, 0.15) is 30.4 Å². The predicted octanol–water partition coefficient (Wildman–Crippen LogP) is 4.43. The lowest BCUT2D eigenvalue weighted by Gasteiger charge is -2.28. The summed E-state index contributed by atoms with van der Waals surface area (Å²) in [5, 5.41) is 0.758. The largest absolute Gasteiger partial charge is 0.335 e. The van der Waals surface area contributed by atoms with Gasteiger partial charge in [-0.2, -0.15) is 0 Å². The van der Waals surface area contributed by atoms with Gasteiger partial charge in [-0.1, -0.05) is 59.8 Å². The first-order chi connectivity index (χ1) is 16.3. The van der Waals surface area contributed by atoms with Crippen molar-refractivity contribution in [1.82, 2.24) is 14.5 Å². The van der Waals surface area contributed by atoms with Crippen molar-refractivity contribution < 1.29 is 13.2 Å². The molecular formula is C26H29N3O3S2. The Kier molecular flexibility index (Phi) is 6.29. The third kappa shape index (κ3) is 4.79. The van der Waals surface area contributed by atoms with E-state index in [1.807, 2.05) is 29.3 Å². The van der Waals surface area contributed by atoms with Gasteiger partial charge in [0.1, 0.15) is 0 Å². The summed E-state index contributed by atoms with van der Waals surface area (Å²) >= 11 is 1.42. The molecule has 34 heavy (non-hydrogen) atoms. The summed E-state index contributed by atoms with van der Waals surface area (Å²) in [4.78, 5) is 19.9. The molecule has 1 saturated carbocycles. The number of aromatic nitrogens is 2. The number of nitrogens with zero attached hydrogens (tertiary/aromatic N) is 3. The Morgan fingerprint density at radius 1 is 1.09 bits per heavy atom. The Morgan fingerprint density at radius 3 is 2.50 bits per heavy atom.